The minimum absolute atomic E-state index is 0.309. The number of ether oxygens (including phenoxy) is 2. The van der Waals surface area contributed by atoms with E-state index in [1.54, 1.807) is 16.8 Å². The summed E-state index contributed by atoms with van der Waals surface area (Å²) in [6, 6.07) is 12.3. The van der Waals surface area contributed by atoms with Gasteiger partial charge in [0.1, 0.15) is 24.7 Å². The molecule has 1 atom stereocenters. The predicted molar refractivity (Wildman–Crippen MR) is 123 cm³/mol. The Morgan fingerprint density at radius 2 is 1.97 bits per heavy atom. The fourth-order valence-corrected chi connectivity index (χ4v) is 3.95. The number of aromatic nitrogens is 3. The van der Waals surface area contributed by atoms with Crippen molar-refractivity contribution < 1.29 is 14.3 Å². The molecular weight excluding hydrogens is 451 g/mol. The fraction of sp³-hybridized carbons (Fsp3) is 0.261. The van der Waals surface area contributed by atoms with Crippen molar-refractivity contribution in [3.63, 3.8) is 0 Å². The molecule has 0 saturated heterocycles. The van der Waals surface area contributed by atoms with E-state index in [0.717, 1.165) is 17.5 Å². The molecule has 32 heavy (non-hydrogen) atoms. The van der Waals surface area contributed by atoms with Gasteiger partial charge in [0.15, 0.2) is 0 Å². The summed E-state index contributed by atoms with van der Waals surface area (Å²) in [5.74, 6) is 0.862. The largest absolute Gasteiger partial charge is 0.489 e. The van der Waals surface area contributed by atoms with E-state index in [1.807, 2.05) is 44.2 Å². The zero-order valence-electron chi connectivity index (χ0n) is 17.6. The molecule has 1 aliphatic rings. The Labute approximate surface area is 196 Å². The molecule has 166 valence electrons. The Kier molecular flexibility index (Phi) is 6.67. The van der Waals surface area contributed by atoms with Gasteiger partial charge < -0.3 is 14.8 Å². The minimum Gasteiger partial charge on any atom is -0.489 e. The Hall–Kier alpha value is -3.03. The molecule has 0 bridgehead atoms. The average molecular weight is 473 g/mol. The van der Waals surface area contributed by atoms with Gasteiger partial charge in [-0.25, -0.2) is 9.48 Å². The minimum atomic E-state index is -0.460. The van der Waals surface area contributed by atoms with Gasteiger partial charge in [-0.05, 0) is 43.2 Å². The summed E-state index contributed by atoms with van der Waals surface area (Å²) in [5.41, 5.74) is 2.88. The summed E-state index contributed by atoms with van der Waals surface area (Å²) in [7, 11) is 0. The first-order valence-electron chi connectivity index (χ1n) is 10.2. The number of rotatable bonds is 7. The van der Waals surface area contributed by atoms with Crippen LogP contribution < -0.4 is 10.1 Å². The number of fused-ring (bicyclic) bond motifs is 1. The summed E-state index contributed by atoms with van der Waals surface area (Å²) in [6.07, 6.45) is 2.20. The average Bonchev–Trinajstić information content (AvgIpc) is 3.24. The molecule has 1 N–H and O–H groups in total. The normalized spacial score (nSPS) is 15.2. The number of esters is 1. The van der Waals surface area contributed by atoms with Crippen molar-refractivity contribution in [3.05, 3.63) is 81.2 Å². The molecular formula is C23H22Cl2N4O3. The predicted octanol–water partition coefficient (Wildman–Crippen LogP) is 5.41. The maximum Gasteiger partial charge on any atom is 0.338 e. The number of allylic oxidation sites excluding steroid dienone is 1. The molecule has 1 unspecified atom stereocenters. The lowest BCUT2D eigenvalue weighted by Gasteiger charge is -2.28. The van der Waals surface area contributed by atoms with E-state index in [1.165, 1.54) is 6.33 Å². The molecule has 0 aliphatic carbocycles. The van der Waals surface area contributed by atoms with Crippen LogP contribution in [0, 0.1) is 0 Å². The fourth-order valence-electron chi connectivity index (χ4n) is 3.48. The molecule has 0 spiro atoms. The molecule has 0 fully saturated rings. The summed E-state index contributed by atoms with van der Waals surface area (Å²) in [4.78, 5) is 17.1. The van der Waals surface area contributed by atoms with E-state index in [4.69, 9.17) is 32.7 Å². The third kappa shape index (κ3) is 4.59. The first kappa shape index (κ1) is 22.2. The molecule has 3 aromatic rings. The number of nitrogens with zero attached hydrogens (tertiary/aromatic N) is 3. The van der Waals surface area contributed by atoms with E-state index in [9.17, 15) is 4.79 Å². The molecule has 0 amide bonds. The third-order valence-electron chi connectivity index (χ3n) is 5.06. The van der Waals surface area contributed by atoms with Crippen LogP contribution >= 0.6 is 23.2 Å². The highest BCUT2D eigenvalue weighted by Crippen LogP contribution is 2.36. The number of carbonyl (C=O) groups is 1. The first-order chi connectivity index (χ1) is 15.5. The number of benzene rings is 2. The number of anilines is 1. The van der Waals surface area contributed by atoms with E-state index in [2.05, 4.69) is 15.4 Å². The Balaban J connectivity index is 1.57. The zero-order chi connectivity index (χ0) is 22.7. The van der Waals surface area contributed by atoms with E-state index in [0.29, 0.717) is 46.2 Å². The lowest BCUT2D eigenvalue weighted by atomic mass is 9.96. The molecule has 2 heterocycles. The Morgan fingerprint density at radius 1 is 1.19 bits per heavy atom. The SMILES string of the molecule is CCCOC(=O)C1=C(C)Nc2ncnn2C1c1ccc(OCc2ccc(Cl)cc2Cl)cc1. The van der Waals surface area contributed by atoms with Crippen LogP contribution in [0.3, 0.4) is 0 Å². The van der Waals surface area contributed by atoms with E-state index < -0.39 is 6.04 Å². The van der Waals surface area contributed by atoms with Crippen molar-refractivity contribution >= 4 is 35.1 Å². The van der Waals surface area contributed by atoms with Gasteiger partial charge in [0.25, 0.3) is 0 Å². The monoisotopic (exact) mass is 472 g/mol. The molecule has 2 aromatic carbocycles. The van der Waals surface area contributed by atoms with Crippen LogP contribution in [0.4, 0.5) is 5.95 Å². The van der Waals surface area contributed by atoms with Gasteiger partial charge in [0.2, 0.25) is 5.95 Å². The second-order valence-electron chi connectivity index (χ2n) is 7.32. The van der Waals surface area contributed by atoms with E-state index in [-0.39, 0.29) is 5.97 Å². The number of hydrogen-bond donors (Lipinski definition) is 1. The van der Waals surface area contributed by atoms with E-state index >= 15 is 0 Å². The summed E-state index contributed by atoms with van der Waals surface area (Å²) in [6.45, 7) is 4.45. The Bertz CT molecular complexity index is 1160. The van der Waals surface area contributed by atoms with Crippen molar-refractivity contribution in [2.45, 2.75) is 32.9 Å². The van der Waals surface area contributed by atoms with Gasteiger partial charge >= 0.3 is 5.97 Å². The van der Waals surface area contributed by atoms with Gasteiger partial charge in [-0.3, -0.25) is 0 Å². The van der Waals surface area contributed by atoms with Crippen molar-refractivity contribution in [2.75, 3.05) is 11.9 Å². The molecule has 9 heteroatoms. The van der Waals surface area contributed by atoms with Gasteiger partial charge in [-0.2, -0.15) is 10.1 Å². The quantitative estimate of drug-likeness (QED) is 0.463. The van der Waals surface area contributed by atoms with Crippen LogP contribution in [0.1, 0.15) is 37.4 Å². The van der Waals surface area contributed by atoms with Crippen molar-refractivity contribution in [3.8, 4) is 5.75 Å². The van der Waals surface area contributed by atoms with Gasteiger partial charge in [0.05, 0.1) is 12.2 Å². The number of carbonyl (C=O) groups excluding carboxylic acids is 1. The molecule has 7 nitrogen and oxygen atoms in total. The van der Waals surface area contributed by atoms with Crippen LogP contribution in [0.5, 0.6) is 5.75 Å². The van der Waals surface area contributed by atoms with Crippen LogP contribution in [0.15, 0.2) is 60.1 Å². The second-order valence-corrected chi connectivity index (χ2v) is 8.17. The lowest BCUT2D eigenvalue weighted by molar-refractivity contribution is -0.139. The van der Waals surface area contributed by atoms with Gasteiger partial charge in [-0.1, -0.05) is 48.3 Å². The van der Waals surface area contributed by atoms with Crippen molar-refractivity contribution in [1.82, 2.24) is 14.8 Å². The molecule has 4 rings (SSSR count). The molecule has 0 radical (unpaired) electrons. The summed E-state index contributed by atoms with van der Waals surface area (Å²) >= 11 is 12.2. The van der Waals surface area contributed by atoms with Crippen molar-refractivity contribution in [2.24, 2.45) is 0 Å². The standard InChI is InChI=1S/C23H22Cl2N4O3/c1-3-10-31-22(30)20-14(2)28-23-26-13-27-29(23)21(20)15-5-8-18(9-6-15)32-12-16-4-7-17(24)11-19(16)25/h4-9,11,13,21H,3,10,12H2,1-2H3,(H,26,27,28). The lowest BCUT2D eigenvalue weighted by Crippen LogP contribution is -2.29. The summed E-state index contributed by atoms with van der Waals surface area (Å²) < 4.78 is 13.0. The van der Waals surface area contributed by atoms with Crippen LogP contribution in [-0.2, 0) is 16.1 Å². The number of nitrogens with one attached hydrogen (secondary N) is 1. The second kappa shape index (κ2) is 9.63. The molecule has 1 aromatic heterocycles. The van der Waals surface area contributed by atoms with Crippen molar-refractivity contribution in [1.29, 1.82) is 0 Å². The Morgan fingerprint density at radius 3 is 2.69 bits per heavy atom. The smallest absolute Gasteiger partial charge is 0.338 e. The number of hydrogen-bond acceptors (Lipinski definition) is 6. The highest BCUT2D eigenvalue weighted by molar-refractivity contribution is 6.35. The maximum absolute atomic E-state index is 12.8. The zero-order valence-corrected chi connectivity index (χ0v) is 19.2. The van der Waals surface area contributed by atoms with Crippen LogP contribution in [0.25, 0.3) is 0 Å². The molecule has 1 aliphatic heterocycles. The summed E-state index contributed by atoms with van der Waals surface area (Å²) in [5, 5.41) is 8.58. The third-order valence-corrected chi connectivity index (χ3v) is 5.64. The van der Waals surface area contributed by atoms with Crippen LogP contribution in [0.2, 0.25) is 10.0 Å². The number of halogens is 2. The highest BCUT2D eigenvalue weighted by atomic mass is 35.5. The first-order valence-corrected chi connectivity index (χ1v) is 10.9. The highest BCUT2D eigenvalue weighted by Gasteiger charge is 2.34. The topological polar surface area (TPSA) is 78.3 Å². The van der Waals surface area contributed by atoms with Crippen LogP contribution in [-0.4, -0.2) is 27.3 Å². The van der Waals surface area contributed by atoms with Gasteiger partial charge in [-0.15, -0.1) is 0 Å². The van der Waals surface area contributed by atoms with Gasteiger partial charge in [0, 0.05) is 21.3 Å². The maximum atomic E-state index is 12.8. The molecule has 0 saturated carbocycles.